The van der Waals surface area contributed by atoms with Crippen LogP contribution in [-0.4, -0.2) is 33.3 Å². The topological polar surface area (TPSA) is 119 Å². The number of nitrogens with one attached hydrogen (secondary N) is 2. The van der Waals surface area contributed by atoms with E-state index >= 15 is 0 Å². The molecule has 1 aromatic carbocycles. The van der Waals surface area contributed by atoms with Gasteiger partial charge in [0.15, 0.2) is 0 Å². The molecular weight excluding hydrogens is 378 g/mol. The summed E-state index contributed by atoms with van der Waals surface area (Å²) in [7, 11) is 0. The Balaban J connectivity index is 2.06. The van der Waals surface area contributed by atoms with Crippen molar-refractivity contribution in [2.24, 2.45) is 0 Å². The molecule has 0 aliphatic rings. The first-order chi connectivity index (χ1) is 13.6. The molecule has 29 heavy (non-hydrogen) atoms. The lowest BCUT2D eigenvalue weighted by atomic mass is 10.2. The quantitative estimate of drug-likeness (QED) is 0.677. The number of H-pyrrole nitrogens is 1. The number of carbonyl (C=O) groups excluding carboxylic acids is 2. The molecule has 0 saturated carbocycles. The second-order valence-corrected chi connectivity index (χ2v) is 7.46. The molecule has 1 heterocycles. The van der Waals surface area contributed by atoms with Crippen LogP contribution in [0, 0.1) is 0 Å². The van der Waals surface area contributed by atoms with E-state index in [-0.39, 0.29) is 19.6 Å². The van der Waals surface area contributed by atoms with Crippen molar-refractivity contribution in [2.75, 3.05) is 0 Å². The minimum Gasteiger partial charge on any atom is -0.461 e. The molecule has 2 N–H and O–H groups in total. The molecule has 0 unspecified atom stereocenters. The van der Waals surface area contributed by atoms with Crippen LogP contribution in [0.25, 0.3) is 0 Å². The van der Waals surface area contributed by atoms with Crippen LogP contribution >= 0.6 is 0 Å². The van der Waals surface area contributed by atoms with Gasteiger partial charge in [-0.3, -0.25) is 19.1 Å². The van der Waals surface area contributed by atoms with Gasteiger partial charge in [-0.25, -0.2) is 9.59 Å². The number of hydrogen-bond acceptors (Lipinski definition) is 6. The lowest BCUT2D eigenvalue weighted by molar-refractivity contribution is -0.145. The van der Waals surface area contributed by atoms with Gasteiger partial charge in [-0.2, -0.15) is 0 Å². The van der Waals surface area contributed by atoms with Crippen LogP contribution in [0.1, 0.15) is 32.8 Å². The number of aromatic nitrogens is 2. The third-order valence-electron chi connectivity index (χ3n) is 3.69. The number of alkyl carbamates (subject to hydrolysis) is 1. The summed E-state index contributed by atoms with van der Waals surface area (Å²) in [5, 5.41) is 2.58. The predicted molar refractivity (Wildman–Crippen MR) is 105 cm³/mol. The van der Waals surface area contributed by atoms with Gasteiger partial charge in [-0.05, 0) is 26.3 Å². The number of amides is 1. The summed E-state index contributed by atoms with van der Waals surface area (Å²) in [6.45, 7) is 5.18. The van der Waals surface area contributed by atoms with Gasteiger partial charge in [0.05, 0.1) is 12.5 Å². The van der Waals surface area contributed by atoms with Crippen LogP contribution in [0.5, 0.6) is 0 Å². The second-order valence-electron chi connectivity index (χ2n) is 7.46. The van der Waals surface area contributed by atoms with E-state index in [4.69, 9.17) is 9.47 Å². The lowest BCUT2D eigenvalue weighted by Gasteiger charge is -2.23. The fraction of sp³-hybridized carbons (Fsp3) is 0.400. The summed E-state index contributed by atoms with van der Waals surface area (Å²) in [6, 6.07) is 9.56. The molecule has 156 valence electrons. The van der Waals surface area contributed by atoms with Crippen LogP contribution in [-0.2, 0) is 27.4 Å². The highest BCUT2D eigenvalue weighted by molar-refractivity contribution is 5.73. The molecule has 0 aliphatic carbocycles. The van der Waals surface area contributed by atoms with Gasteiger partial charge in [-0.15, -0.1) is 0 Å². The van der Waals surface area contributed by atoms with Crippen LogP contribution in [0.4, 0.5) is 4.79 Å². The van der Waals surface area contributed by atoms with Gasteiger partial charge < -0.3 is 14.8 Å². The highest BCUT2D eigenvalue weighted by atomic mass is 16.6. The minimum absolute atomic E-state index is 0.0463. The van der Waals surface area contributed by atoms with Crippen LogP contribution in [0.3, 0.4) is 0 Å². The van der Waals surface area contributed by atoms with Crippen LogP contribution in [0.15, 0.2) is 52.2 Å². The smallest absolute Gasteiger partial charge is 0.407 e. The minimum atomic E-state index is -0.781. The van der Waals surface area contributed by atoms with Crippen LogP contribution < -0.4 is 16.6 Å². The lowest BCUT2D eigenvalue weighted by Crippen LogP contribution is -2.44. The first kappa shape index (κ1) is 21.9. The molecule has 9 heteroatoms. The molecule has 0 aliphatic heterocycles. The van der Waals surface area contributed by atoms with Crippen molar-refractivity contribution >= 4 is 12.1 Å². The molecule has 1 aromatic heterocycles. The van der Waals surface area contributed by atoms with E-state index in [0.717, 1.165) is 5.56 Å². The maximum Gasteiger partial charge on any atom is 0.407 e. The van der Waals surface area contributed by atoms with Crippen molar-refractivity contribution < 1.29 is 19.1 Å². The number of aromatic amines is 1. The largest absolute Gasteiger partial charge is 0.461 e. The van der Waals surface area contributed by atoms with Crippen molar-refractivity contribution in [3.8, 4) is 0 Å². The Bertz CT molecular complexity index is 943. The Labute approximate surface area is 167 Å². The highest BCUT2D eigenvalue weighted by Gasteiger charge is 2.23. The van der Waals surface area contributed by atoms with Gasteiger partial charge in [0.2, 0.25) is 0 Å². The Kier molecular flexibility index (Phi) is 7.35. The zero-order valence-electron chi connectivity index (χ0n) is 16.6. The molecule has 0 fully saturated rings. The van der Waals surface area contributed by atoms with Crippen molar-refractivity contribution in [1.82, 2.24) is 14.9 Å². The van der Waals surface area contributed by atoms with Gasteiger partial charge in [-0.1, -0.05) is 30.3 Å². The summed E-state index contributed by atoms with van der Waals surface area (Å²) in [5.74, 6) is -0.549. The van der Waals surface area contributed by atoms with Crippen molar-refractivity contribution in [3.05, 3.63) is 69.0 Å². The van der Waals surface area contributed by atoms with E-state index < -0.39 is 35.0 Å². The van der Waals surface area contributed by atoms with Gasteiger partial charge in [0.25, 0.3) is 5.56 Å². The number of nitrogens with zero attached hydrogens (tertiary/aromatic N) is 1. The second kappa shape index (κ2) is 9.72. The van der Waals surface area contributed by atoms with E-state index in [1.54, 1.807) is 20.8 Å². The summed E-state index contributed by atoms with van der Waals surface area (Å²) in [5.41, 5.74) is -1.08. The fourth-order valence-corrected chi connectivity index (χ4v) is 2.46. The molecule has 0 spiro atoms. The Morgan fingerprint density at radius 1 is 1.14 bits per heavy atom. The Hall–Kier alpha value is -3.36. The number of carbonyl (C=O) groups is 2. The molecule has 1 amide bonds. The number of esters is 1. The molecule has 0 radical (unpaired) electrons. The van der Waals surface area contributed by atoms with Gasteiger partial charge >= 0.3 is 17.8 Å². The van der Waals surface area contributed by atoms with Gasteiger partial charge in [0.1, 0.15) is 12.2 Å². The summed E-state index contributed by atoms with van der Waals surface area (Å²) < 4.78 is 11.7. The standard InChI is InChI=1S/C20H25N3O6/c1-20(2,3)29-19(27)21-15(12-23-10-9-16(24)22-18(23)26)11-17(25)28-13-14-7-5-4-6-8-14/h4-10,15H,11-13H2,1-3H3,(H,21,27)(H,22,24,26)/t15-/m0/s1. The Morgan fingerprint density at radius 2 is 1.83 bits per heavy atom. The van der Waals surface area contributed by atoms with E-state index in [1.165, 1.54) is 16.8 Å². The van der Waals surface area contributed by atoms with E-state index in [1.807, 2.05) is 30.3 Å². The fourth-order valence-electron chi connectivity index (χ4n) is 2.46. The molecule has 0 bridgehead atoms. The first-order valence-electron chi connectivity index (χ1n) is 9.11. The number of rotatable bonds is 7. The van der Waals surface area contributed by atoms with Crippen molar-refractivity contribution in [3.63, 3.8) is 0 Å². The van der Waals surface area contributed by atoms with Crippen LogP contribution in [0.2, 0.25) is 0 Å². The number of hydrogen-bond donors (Lipinski definition) is 2. The summed E-state index contributed by atoms with van der Waals surface area (Å²) >= 11 is 0. The Morgan fingerprint density at radius 3 is 2.45 bits per heavy atom. The van der Waals surface area contributed by atoms with Gasteiger partial charge in [0, 0.05) is 18.8 Å². The molecule has 0 saturated heterocycles. The van der Waals surface area contributed by atoms with E-state index in [0.29, 0.717) is 0 Å². The van der Waals surface area contributed by atoms with E-state index in [9.17, 15) is 19.2 Å². The molecule has 9 nitrogen and oxygen atoms in total. The predicted octanol–water partition coefficient (Wildman–Crippen LogP) is 1.56. The maximum absolute atomic E-state index is 12.3. The zero-order valence-corrected chi connectivity index (χ0v) is 16.6. The zero-order chi connectivity index (χ0) is 21.4. The summed E-state index contributed by atoms with van der Waals surface area (Å²) in [6.07, 6.45) is 0.383. The van der Waals surface area contributed by atoms with Crippen molar-refractivity contribution in [2.45, 2.75) is 52.0 Å². The molecule has 2 rings (SSSR count). The first-order valence-corrected chi connectivity index (χ1v) is 9.11. The monoisotopic (exact) mass is 403 g/mol. The number of ether oxygens (including phenoxy) is 2. The molecular formula is C20H25N3O6. The normalized spacial score (nSPS) is 12.1. The highest BCUT2D eigenvalue weighted by Crippen LogP contribution is 2.09. The van der Waals surface area contributed by atoms with E-state index in [2.05, 4.69) is 10.3 Å². The third-order valence-corrected chi connectivity index (χ3v) is 3.69. The molecule has 1 atom stereocenters. The number of benzene rings is 1. The molecule has 2 aromatic rings. The van der Waals surface area contributed by atoms with Crippen molar-refractivity contribution in [1.29, 1.82) is 0 Å². The third kappa shape index (κ3) is 8.04. The average molecular weight is 403 g/mol. The SMILES string of the molecule is CC(C)(C)OC(=O)N[C@@H](CC(=O)OCc1ccccc1)Cn1ccc(=O)[nH]c1=O. The summed E-state index contributed by atoms with van der Waals surface area (Å²) in [4.78, 5) is 49.7. The average Bonchev–Trinajstić information content (AvgIpc) is 2.61. The maximum atomic E-state index is 12.3.